The number of nitrogens with two attached hydrogens (primary N) is 1. The molecule has 194 valence electrons. The number of ether oxygens (including phenoxy) is 1. The van der Waals surface area contributed by atoms with Crippen LogP contribution in [0, 0.1) is 0 Å². The Morgan fingerprint density at radius 2 is 1.78 bits per heavy atom. The molecule has 37 heavy (non-hydrogen) atoms. The van der Waals surface area contributed by atoms with E-state index < -0.39 is 12.3 Å². The van der Waals surface area contributed by atoms with E-state index in [1.54, 1.807) is 55.4 Å². The number of fused-ring (bicyclic) bond motifs is 1. The summed E-state index contributed by atoms with van der Waals surface area (Å²) in [7, 11) is 3.41. The van der Waals surface area contributed by atoms with Crippen LogP contribution in [-0.4, -0.2) is 84.1 Å². The summed E-state index contributed by atoms with van der Waals surface area (Å²) in [5.41, 5.74) is 9.21. The summed E-state index contributed by atoms with van der Waals surface area (Å²) < 4.78 is 5.18. The van der Waals surface area contributed by atoms with Crippen LogP contribution in [0.5, 0.6) is 0 Å². The van der Waals surface area contributed by atoms with Gasteiger partial charge in [0.2, 0.25) is 0 Å². The van der Waals surface area contributed by atoms with Crippen molar-refractivity contribution in [3.63, 3.8) is 0 Å². The first-order valence-corrected chi connectivity index (χ1v) is 12.5. The van der Waals surface area contributed by atoms with Crippen molar-refractivity contribution in [2.75, 3.05) is 40.3 Å². The summed E-state index contributed by atoms with van der Waals surface area (Å²) in [6.45, 7) is 3.09. The van der Waals surface area contributed by atoms with Crippen molar-refractivity contribution < 1.29 is 19.1 Å². The molecule has 0 aliphatic carbocycles. The van der Waals surface area contributed by atoms with Gasteiger partial charge in [0.1, 0.15) is 6.17 Å². The van der Waals surface area contributed by atoms with Crippen molar-refractivity contribution in [2.45, 2.75) is 19.5 Å². The highest BCUT2D eigenvalue weighted by Crippen LogP contribution is 2.29. The fourth-order valence-corrected chi connectivity index (χ4v) is 4.45. The lowest BCUT2D eigenvalue weighted by Crippen LogP contribution is -2.60. The molecule has 0 radical (unpaired) electrons. The van der Waals surface area contributed by atoms with Crippen LogP contribution in [0.3, 0.4) is 0 Å². The first kappa shape index (κ1) is 26.4. The number of pyridine rings is 1. The van der Waals surface area contributed by atoms with Crippen LogP contribution < -0.4 is 5.73 Å². The number of nitrogens with zero attached hydrogens (tertiary/aromatic N) is 4. The molecule has 0 unspecified atom stereocenters. The minimum Gasteiger partial charge on any atom is -0.449 e. The third kappa shape index (κ3) is 5.68. The highest BCUT2D eigenvalue weighted by Gasteiger charge is 2.31. The monoisotopic (exact) mass is 523 g/mol. The Bertz CT molecular complexity index is 1330. The van der Waals surface area contributed by atoms with Crippen molar-refractivity contribution in [1.29, 1.82) is 0 Å². The number of hydrogen-bond acceptors (Lipinski definition) is 6. The molecule has 1 aromatic heterocycles. The van der Waals surface area contributed by atoms with Gasteiger partial charge < -0.3 is 20.3 Å². The number of hydrogen-bond donors (Lipinski definition) is 1. The molecule has 0 bridgehead atoms. The minimum atomic E-state index is -0.649. The molecule has 2 aromatic carbocycles. The molecular formula is C27H30ClN5O4. The van der Waals surface area contributed by atoms with Crippen molar-refractivity contribution in [3.8, 4) is 11.3 Å². The van der Waals surface area contributed by atoms with Gasteiger partial charge in [-0.25, -0.2) is 9.78 Å². The Kier molecular flexibility index (Phi) is 7.94. The summed E-state index contributed by atoms with van der Waals surface area (Å²) in [6.07, 6.45) is -0.385. The van der Waals surface area contributed by atoms with Crippen molar-refractivity contribution in [2.24, 2.45) is 5.73 Å². The lowest BCUT2D eigenvalue weighted by atomic mass is 10.1. The van der Waals surface area contributed by atoms with Crippen molar-refractivity contribution in [1.82, 2.24) is 19.7 Å². The smallest absolute Gasteiger partial charge is 0.411 e. The number of benzene rings is 2. The highest BCUT2D eigenvalue weighted by atomic mass is 35.5. The first-order valence-electron chi connectivity index (χ1n) is 12.1. The van der Waals surface area contributed by atoms with Crippen LogP contribution in [0.1, 0.15) is 34.1 Å². The number of rotatable bonds is 5. The van der Waals surface area contributed by atoms with Gasteiger partial charge in [-0.2, -0.15) is 0 Å². The molecule has 3 amide bonds. The fourth-order valence-electron chi connectivity index (χ4n) is 4.18. The third-order valence-electron chi connectivity index (χ3n) is 6.21. The van der Waals surface area contributed by atoms with E-state index in [0.29, 0.717) is 47.1 Å². The number of amides is 3. The lowest BCUT2D eigenvalue weighted by Gasteiger charge is -2.38. The second-order valence-corrected chi connectivity index (χ2v) is 9.53. The third-order valence-corrected chi connectivity index (χ3v) is 6.52. The lowest BCUT2D eigenvalue weighted by molar-refractivity contribution is 0.0390. The van der Waals surface area contributed by atoms with Gasteiger partial charge in [0.05, 0.1) is 29.4 Å². The maximum atomic E-state index is 13.3. The van der Waals surface area contributed by atoms with Crippen LogP contribution in [0.2, 0.25) is 5.02 Å². The fraction of sp³-hybridized carbons (Fsp3) is 0.333. The van der Waals surface area contributed by atoms with E-state index in [9.17, 15) is 14.4 Å². The van der Waals surface area contributed by atoms with Gasteiger partial charge in [-0.1, -0.05) is 36.7 Å². The normalized spacial score (nSPS) is 15.5. The van der Waals surface area contributed by atoms with Gasteiger partial charge >= 0.3 is 6.09 Å². The zero-order valence-electron chi connectivity index (χ0n) is 21.1. The molecule has 1 atom stereocenters. The van der Waals surface area contributed by atoms with E-state index in [-0.39, 0.29) is 18.4 Å². The SMILES string of the molecule is CCCOC(=O)N1CCN(C(=O)c2ccc3c(Cl)cc(-c4ccc(C(=O)N(C)C)cc4)nc3c2)C[C@H]1N. The van der Waals surface area contributed by atoms with Crippen molar-refractivity contribution >= 4 is 40.4 Å². The minimum absolute atomic E-state index is 0.0855. The molecule has 2 N–H and O–H groups in total. The average Bonchev–Trinajstić information content (AvgIpc) is 2.90. The molecule has 9 nitrogen and oxygen atoms in total. The average molecular weight is 524 g/mol. The Morgan fingerprint density at radius 1 is 1.08 bits per heavy atom. The van der Waals surface area contributed by atoms with Gasteiger partial charge in [-0.3, -0.25) is 14.5 Å². The topological polar surface area (TPSA) is 109 Å². The van der Waals surface area contributed by atoms with Gasteiger partial charge in [0.15, 0.2) is 0 Å². The second-order valence-electron chi connectivity index (χ2n) is 9.12. The van der Waals surface area contributed by atoms with E-state index in [4.69, 9.17) is 27.1 Å². The Hall–Kier alpha value is -3.69. The molecule has 10 heteroatoms. The zero-order valence-corrected chi connectivity index (χ0v) is 21.9. The van der Waals surface area contributed by atoms with Crippen LogP contribution in [0.25, 0.3) is 22.2 Å². The molecule has 1 aliphatic heterocycles. The summed E-state index contributed by atoms with van der Waals surface area (Å²) in [6, 6.07) is 14.1. The molecule has 0 spiro atoms. The van der Waals surface area contributed by atoms with E-state index in [1.807, 2.05) is 19.1 Å². The number of halogens is 1. The maximum Gasteiger partial charge on any atom is 0.411 e. The number of aromatic nitrogens is 1. The van der Waals surface area contributed by atoms with E-state index in [0.717, 1.165) is 17.4 Å². The predicted octanol–water partition coefficient (Wildman–Crippen LogP) is 3.85. The molecular weight excluding hydrogens is 494 g/mol. The molecule has 2 heterocycles. The number of piperazine rings is 1. The largest absolute Gasteiger partial charge is 0.449 e. The Morgan fingerprint density at radius 3 is 2.43 bits per heavy atom. The quantitative estimate of drug-likeness (QED) is 0.544. The molecule has 1 saturated heterocycles. The van der Waals surface area contributed by atoms with Gasteiger partial charge in [0.25, 0.3) is 11.8 Å². The summed E-state index contributed by atoms with van der Waals surface area (Å²) in [5, 5.41) is 1.23. The first-order chi connectivity index (χ1) is 17.7. The van der Waals surface area contributed by atoms with Crippen LogP contribution in [0.4, 0.5) is 4.79 Å². The van der Waals surface area contributed by atoms with E-state index in [1.165, 1.54) is 9.80 Å². The van der Waals surface area contributed by atoms with Crippen LogP contribution in [-0.2, 0) is 4.74 Å². The number of carbonyl (C=O) groups is 3. The molecule has 4 rings (SSSR count). The van der Waals surface area contributed by atoms with Crippen molar-refractivity contribution in [3.05, 3.63) is 64.7 Å². The van der Waals surface area contributed by atoms with Crippen LogP contribution in [0.15, 0.2) is 48.5 Å². The predicted molar refractivity (Wildman–Crippen MR) is 142 cm³/mol. The standard InChI is InChI=1S/C27H30ClN5O4/c1-4-13-37-27(36)33-12-11-32(16-24(33)29)26(35)19-9-10-20-21(28)15-22(30-23(20)14-19)17-5-7-18(8-6-17)25(34)31(2)3/h5-10,14-15,24H,4,11-13,16,29H2,1-3H3/t24-/m0/s1. The van der Waals surface area contributed by atoms with E-state index in [2.05, 4.69) is 0 Å². The second kappa shape index (κ2) is 11.1. The van der Waals surface area contributed by atoms with Gasteiger partial charge in [-0.05, 0) is 36.8 Å². The summed E-state index contributed by atoms with van der Waals surface area (Å²) >= 11 is 6.55. The molecule has 0 saturated carbocycles. The molecule has 1 fully saturated rings. The highest BCUT2D eigenvalue weighted by molar-refractivity contribution is 6.35. The summed E-state index contributed by atoms with van der Waals surface area (Å²) in [4.78, 5) is 47.0. The Labute approximate surface area is 220 Å². The van der Waals surface area contributed by atoms with Crippen LogP contribution >= 0.6 is 11.6 Å². The van der Waals surface area contributed by atoms with Gasteiger partial charge in [-0.15, -0.1) is 0 Å². The molecule has 3 aromatic rings. The summed E-state index contributed by atoms with van der Waals surface area (Å²) in [5.74, 6) is -0.286. The Balaban J connectivity index is 1.55. The molecule has 1 aliphatic rings. The maximum absolute atomic E-state index is 13.3. The van der Waals surface area contributed by atoms with Gasteiger partial charge in [0, 0.05) is 49.3 Å². The van der Waals surface area contributed by atoms with E-state index >= 15 is 0 Å². The number of carbonyl (C=O) groups excluding carboxylic acids is 3. The zero-order chi connectivity index (χ0) is 26.7.